The molecule has 2 amide bonds. The van der Waals surface area contributed by atoms with Crippen LogP contribution < -0.4 is 5.32 Å². The van der Waals surface area contributed by atoms with Gasteiger partial charge in [0.2, 0.25) is 10.0 Å². The zero-order chi connectivity index (χ0) is 20.1. The lowest BCUT2D eigenvalue weighted by Crippen LogP contribution is -2.45. The molecule has 1 aromatic carbocycles. The summed E-state index contributed by atoms with van der Waals surface area (Å²) in [5.74, 6) is 0. The van der Waals surface area contributed by atoms with E-state index in [0.717, 1.165) is 36.3 Å². The Kier molecular flexibility index (Phi) is 7.25. The minimum atomic E-state index is -3.10. The number of rotatable bonds is 5. The number of thioether (sulfide) groups is 1. The molecule has 28 heavy (non-hydrogen) atoms. The average molecular weight is 428 g/mol. The molecule has 9 heteroatoms. The van der Waals surface area contributed by atoms with Crippen LogP contribution in [0.3, 0.4) is 0 Å². The molecule has 0 aliphatic carbocycles. The Hall–Kier alpha value is -1.29. The van der Waals surface area contributed by atoms with Crippen molar-refractivity contribution in [2.45, 2.75) is 42.8 Å². The van der Waals surface area contributed by atoms with Crippen molar-refractivity contribution in [3.05, 3.63) is 24.3 Å². The van der Waals surface area contributed by atoms with E-state index in [1.807, 2.05) is 35.4 Å². The molecule has 2 aliphatic rings. The summed E-state index contributed by atoms with van der Waals surface area (Å²) in [6.07, 6.45) is 6.60. The number of carbonyl (C=O) groups excluding carboxylic acids is 1. The highest BCUT2D eigenvalue weighted by molar-refractivity contribution is 7.98. The minimum absolute atomic E-state index is 0.0711. The fourth-order valence-electron chi connectivity index (χ4n) is 3.67. The van der Waals surface area contributed by atoms with Gasteiger partial charge < -0.3 is 15.0 Å². The smallest absolute Gasteiger partial charge is 0.321 e. The van der Waals surface area contributed by atoms with Gasteiger partial charge >= 0.3 is 6.03 Å². The number of benzene rings is 1. The normalized spacial score (nSPS) is 20.3. The monoisotopic (exact) mass is 427 g/mol. The number of hydrogen-bond acceptors (Lipinski definition) is 5. The SMILES string of the molecule is CSc1cccc(NC(=O)N2CCC(OC3CCN(S(C)(=O)=O)CC3)CC2)c1. The Balaban J connectivity index is 1.41. The van der Waals surface area contributed by atoms with E-state index in [1.165, 1.54) is 10.6 Å². The van der Waals surface area contributed by atoms with E-state index in [4.69, 9.17) is 4.74 Å². The van der Waals surface area contributed by atoms with E-state index in [9.17, 15) is 13.2 Å². The number of carbonyl (C=O) groups is 1. The maximum absolute atomic E-state index is 12.5. The number of hydrogen-bond donors (Lipinski definition) is 1. The van der Waals surface area contributed by atoms with Crippen molar-refractivity contribution in [3.8, 4) is 0 Å². The first-order chi connectivity index (χ1) is 13.3. The van der Waals surface area contributed by atoms with Crippen molar-refractivity contribution in [1.82, 2.24) is 9.21 Å². The Morgan fingerprint density at radius 1 is 1.11 bits per heavy atom. The number of sulfonamides is 1. The predicted octanol–water partition coefficient (Wildman–Crippen LogP) is 2.85. The zero-order valence-electron chi connectivity index (χ0n) is 16.5. The van der Waals surface area contributed by atoms with Crippen LogP contribution in [-0.2, 0) is 14.8 Å². The molecule has 0 spiro atoms. The molecular weight excluding hydrogens is 398 g/mol. The number of urea groups is 1. The van der Waals surface area contributed by atoms with Gasteiger partial charge in [-0.15, -0.1) is 11.8 Å². The molecule has 2 heterocycles. The lowest BCUT2D eigenvalue weighted by Gasteiger charge is -2.36. The summed E-state index contributed by atoms with van der Waals surface area (Å²) >= 11 is 1.65. The van der Waals surface area contributed by atoms with E-state index in [-0.39, 0.29) is 18.2 Å². The second-order valence-electron chi connectivity index (χ2n) is 7.35. The standard InChI is InChI=1S/C19H29N3O4S2/c1-27-18-5-3-4-15(14-18)20-19(23)21-10-6-16(7-11-21)26-17-8-12-22(13-9-17)28(2,24)25/h3-5,14,16-17H,6-13H2,1-2H3,(H,20,23). The second-order valence-corrected chi connectivity index (χ2v) is 10.2. The summed E-state index contributed by atoms with van der Waals surface area (Å²) in [7, 11) is -3.10. The zero-order valence-corrected chi connectivity index (χ0v) is 18.1. The molecular formula is C19H29N3O4S2. The quantitative estimate of drug-likeness (QED) is 0.731. The van der Waals surface area contributed by atoms with Crippen molar-refractivity contribution in [2.24, 2.45) is 0 Å². The van der Waals surface area contributed by atoms with Gasteiger partial charge in [-0.25, -0.2) is 17.5 Å². The highest BCUT2D eigenvalue weighted by Gasteiger charge is 2.29. The second kappa shape index (κ2) is 9.47. The van der Waals surface area contributed by atoms with Gasteiger partial charge in [-0.3, -0.25) is 0 Å². The number of likely N-dealkylation sites (tertiary alicyclic amines) is 1. The highest BCUT2D eigenvalue weighted by Crippen LogP contribution is 2.23. The van der Waals surface area contributed by atoms with Crippen LogP contribution in [0.1, 0.15) is 25.7 Å². The van der Waals surface area contributed by atoms with Gasteiger partial charge in [-0.2, -0.15) is 0 Å². The average Bonchev–Trinajstić information content (AvgIpc) is 2.68. The van der Waals surface area contributed by atoms with Gasteiger partial charge in [-0.1, -0.05) is 6.07 Å². The summed E-state index contributed by atoms with van der Waals surface area (Å²) < 4.78 is 30.9. The highest BCUT2D eigenvalue weighted by atomic mass is 32.2. The largest absolute Gasteiger partial charge is 0.375 e. The van der Waals surface area contributed by atoms with Crippen molar-refractivity contribution in [2.75, 3.05) is 44.0 Å². The van der Waals surface area contributed by atoms with Crippen molar-refractivity contribution in [3.63, 3.8) is 0 Å². The van der Waals surface area contributed by atoms with Gasteiger partial charge in [0.1, 0.15) is 0 Å². The Morgan fingerprint density at radius 3 is 2.29 bits per heavy atom. The first kappa shape index (κ1) is 21.4. The molecule has 0 saturated carbocycles. The maximum Gasteiger partial charge on any atom is 0.321 e. The van der Waals surface area contributed by atoms with E-state index >= 15 is 0 Å². The first-order valence-corrected chi connectivity index (χ1v) is 12.7. The summed E-state index contributed by atoms with van der Waals surface area (Å²) in [5.41, 5.74) is 0.813. The van der Waals surface area contributed by atoms with Crippen LogP contribution in [0.2, 0.25) is 0 Å². The molecule has 0 radical (unpaired) electrons. The number of ether oxygens (including phenoxy) is 1. The number of nitrogens with one attached hydrogen (secondary N) is 1. The molecule has 7 nitrogen and oxygen atoms in total. The minimum Gasteiger partial charge on any atom is -0.375 e. The Morgan fingerprint density at radius 2 is 1.71 bits per heavy atom. The molecule has 2 fully saturated rings. The van der Waals surface area contributed by atoms with Gasteiger partial charge in [0, 0.05) is 36.8 Å². The van der Waals surface area contributed by atoms with Crippen LogP contribution in [0.25, 0.3) is 0 Å². The van der Waals surface area contributed by atoms with Crippen LogP contribution >= 0.6 is 11.8 Å². The van der Waals surface area contributed by atoms with E-state index in [1.54, 1.807) is 11.8 Å². The van der Waals surface area contributed by atoms with Crippen LogP contribution in [0.15, 0.2) is 29.2 Å². The van der Waals surface area contributed by atoms with Gasteiger partial charge in [0.15, 0.2) is 0 Å². The molecule has 3 rings (SSSR count). The van der Waals surface area contributed by atoms with Crippen LogP contribution in [0, 0.1) is 0 Å². The summed E-state index contributed by atoms with van der Waals surface area (Å²) in [6, 6.07) is 7.76. The van der Waals surface area contributed by atoms with E-state index in [0.29, 0.717) is 26.2 Å². The van der Waals surface area contributed by atoms with Crippen LogP contribution in [0.4, 0.5) is 10.5 Å². The summed E-state index contributed by atoms with van der Waals surface area (Å²) in [5, 5.41) is 2.97. The first-order valence-electron chi connectivity index (χ1n) is 9.65. The van der Waals surface area contributed by atoms with E-state index < -0.39 is 10.0 Å². The number of nitrogens with zero attached hydrogens (tertiary/aromatic N) is 2. The van der Waals surface area contributed by atoms with Crippen molar-refractivity contribution >= 4 is 33.5 Å². The van der Waals surface area contributed by atoms with Gasteiger partial charge in [-0.05, 0) is 50.1 Å². The molecule has 0 unspecified atom stereocenters. The van der Waals surface area contributed by atoms with Gasteiger partial charge in [0.05, 0.1) is 18.5 Å². The fraction of sp³-hybridized carbons (Fsp3) is 0.632. The third-order valence-electron chi connectivity index (χ3n) is 5.31. The number of amides is 2. The number of anilines is 1. The van der Waals surface area contributed by atoms with Crippen molar-refractivity contribution in [1.29, 1.82) is 0 Å². The molecule has 0 bridgehead atoms. The van der Waals surface area contributed by atoms with E-state index in [2.05, 4.69) is 5.32 Å². The molecule has 1 aromatic rings. The molecule has 2 saturated heterocycles. The van der Waals surface area contributed by atoms with Crippen LogP contribution in [0.5, 0.6) is 0 Å². The summed E-state index contributed by atoms with van der Waals surface area (Å²) in [4.78, 5) is 15.4. The summed E-state index contributed by atoms with van der Waals surface area (Å²) in [6.45, 7) is 2.39. The molecule has 0 aromatic heterocycles. The Labute approximate surface area is 171 Å². The molecule has 2 aliphatic heterocycles. The fourth-order valence-corrected chi connectivity index (χ4v) is 5.00. The molecule has 0 atom stereocenters. The molecule has 1 N–H and O–H groups in total. The van der Waals surface area contributed by atoms with Gasteiger partial charge in [0.25, 0.3) is 0 Å². The number of piperidine rings is 2. The molecule has 156 valence electrons. The maximum atomic E-state index is 12.5. The third-order valence-corrected chi connectivity index (χ3v) is 7.33. The lowest BCUT2D eigenvalue weighted by atomic mass is 10.1. The Bertz CT molecular complexity index is 771. The predicted molar refractivity (Wildman–Crippen MR) is 112 cm³/mol. The van der Waals surface area contributed by atoms with Crippen molar-refractivity contribution < 1.29 is 17.9 Å². The third kappa shape index (κ3) is 5.85. The topological polar surface area (TPSA) is 79.0 Å². The van der Waals surface area contributed by atoms with Crippen LogP contribution in [-0.4, -0.2) is 74.6 Å². The lowest BCUT2D eigenvalue weighted by molar-refractivity contribution is -0.0542.